The first-order chi connectivity index (χ1) is 8.17. The van der Waals surface area contributed by atoms with Crippen LogP contribution in [0, 0.1) is 0 Å². The van der Waals surface area contributed by atoms with Gasteiger partial charge in [0.1, 0.15) is 12.2 Å². The Morgan fingerprint density at radius 3 is 2.65 bits per heavy atom. The lowest BCUT2D eigenvalue weighted by Gasteiger charge is -2.23. The SMILES string of the molecule is COc1cccc(NC2OC(=O)CC(=O)O2)c1. The van der Waals surface area contributed by atoms with Gasteiger partial charge >= 0.3 is 18.4 Å². The van der Waals surface area contributed by atoms with Crippen LogP contribution in [0.25, 0.3) is 0 Å². The molecule has 1 fully saturated rings. The molecule has 1 saturated heterocycles. The van der Waals surface area contributed by atoms with Gasteiger partial charge in [0.25, 0.3) is 0 Å². The summed E-state index contributed by atoms with van der Waals surface area (Å²) in [5, 5.41) is 2.75. The lowest BCUT2D eigenvalue weighted by molar-refractivity contribution is -0.197. The fourth-order valence-electron chi connectivity index (χ4n) is 1.37. The molecule has 0 radical (unpaired) electrons. The molecule has 1 aromatic carbocycles. The van der Waals surface area contributed by atoms with Gasteiger partial charge in [0.15, 0.2) is 0 Å². The molecule has 90 valence electrons. The van der Waals surface area contributed by atoms with Gasteiger partial charge in [-0.15, -0.1) is 0 Å². The van der Waals surface area contributed by atoms with Crippen molar-refractivity contribution < 1.29 is 23.8 Å². The molecule has 6 heteroatoms. The highest BCUT2D eigenvalue weighted by molar-refractivity contribution is 5.92. The number of hydrogen-bond donors (Lipinski definition) is 1. The van der Waals surface area contributed by atoms with Crippen molar-refractivity contribution in [3.05, 3.63) is 24.3 Å². The van der Waals surface area contributed by atoms with Crippen LogP contribution in [-0.2, 0) is 19.1 Å². The van der Waals surface area contributed by atoms with E-state index in [9.17, 15) is 9.59 Å². The van der Waals surface area contributed by atoms with Crippen molar-refractivity contribution in [2.45, 2.75) is 12.8 Å². The quantitative estimate of drug-likeness (QED) is 0.621. The highest BCUT2D eigenvalue weighted by atomic mass is 16.7. The maximum Gasteiger partial charge on any atom is 0.329 e. The Hall–Kier alpha value is -2.24. The van der Waals surface area contributed by atoms with Crippen LogP contribution in [0.5, 0.6) is 5.75 Å². The van der Waals surface area contributed by atoms with Crippen molar-refractivity contribution in [3.63, 3.8) is 0 Å². The first-order valence-electron chi connectivity index (χ1n) is 4.97. The van der Waals surface area contributed by atoms with Gasteiger partial charge in [-0.1, -0.05) is 6.07 Å². The summed E-state index contributed by atoms with van der Waals surface area (Å²) in [5.41, 5.74) is 0.622. The third-order valence-corrected chi connectivity index (χ3v) is 2.12. The van der Waals surface area contributed by atoms with Gasteiger partial charge in [-0.3, -0.25) is 9.59 Å². The normalized spacial score (nSPS) is 16.1. The average molecular weight is 237 g/mol. The van der Waals surface area contributed by atoms with Crippen LogP contribution in [0.4, 0.5) is 5.69 Å². The number of nitrogens with one attached hydrogen (secondary N) is 1. The van der Waals surface area contributed by atoms with Crippen molar-refractivity contribution in [3.8, 4) is 5.75 Å². The molecule has 1 N–H and O–H groups in total. The lowest BCUT2D eigenvalue weighted by Crippen LogP contribution is -2.37. The number of esters is 2. The van der Waals surface area contributed by atoms with E-state index in [1.165, 1.54) is 0 Å². The summed E-state index contributed by atoms with van der Waals surface area (Å²) < 4.78 is 14.6. The van der Waals surface area contributed by atoms with E-state index in [-0.39, 0.29) is 6.42 Å². The molecular weight excluding hydrogens is 226 g/mol. The molecule has 1 heterocycles. The molecule has 0 aromatic heterocycles. The Kier molecular flexibility index (Phi) is 3.13. The van der Waals surface area contributed by atoms with Crippen molar-refractivity contribution in [2.75, 3.05) is 12.4 Å². The molecule has 1 aliphatic heterocycles. The Morgan fingerprint density at radius 1 is 1.29 bits per heavy atom. The Morgan fingerprint density at radius 2 is 2.00 bits per heavy atom. The molecule has 0 aliphatic carbocycles. The van der Waals surface area contributed by atoms with Crippen molar-refractivity contribution in [1.82, 2.24) is 0 Å². The minimum Gasteiger partial charge on any atom is -0.497 e. The van der Waals surface area contributed by atoms with Gasteiger partial charge in [0.2, 0.25) is 0 Å². The largest absolute Gasteiger partial charge is 0.497 e. The molecule has 1 aromatic rings. The molecule has 0 unspecified atom stereocenters. The van der Waals surface area contributed by atoms with Gasteiger partial charge in [-0.05, 0) is 12.1 Å². The summed E-state index contributed by atoms with van der Waals surface area (Å²) in [5.74, 6) is -0.577. The van der Waals surface area contributed by atoms with Gasteiger partial charge < -0.3 is 19.5 Å². The monoisotopic (exact) mass is 237 g/mol. The highest BCUT2D eigenvalue weighted by Gasteiger charge is 2.27. The number of carbonyl (C=O) groups excluding carboxylic acids is 2. The predicted molar refractivity (Wildman–Crippen MR) is 57.2 cm³/mol. The molecule has 2 rings (SSSR count). The molecule has 0 atom stereocenters. The van der Waals surface area contributed by atoms with Crippen LogP contribution >= 0.6 is 0 Å². The van der Waals surface area contributed by atoms with E-state index >= 15 is 0 Å². The Bertz CT molecular complexity index is 429. The standard InChI is InChI=1S/C11H11NO5/c1-15-8-4-2-3-7(5-8)12-11-16-9(13)6-10(14)17-11/h2-5,11-12H,6H2,1H3. The number of benzene rings is 1. The van der Waals surface area contributed by atoms with Crippen LogP contribution < -0.4 is 10.1 Å². The van der Waals surface area contributed by atoms with Crippen molar-refractivity contribution in [1.29, 1.82) is 0 Å². The second-order valence-electron chi connectivity index (χ2n) is 3.36. The van der Waals surface area contributed by atoms with E-state index < -0.39 is 18.4 Å². The molecule has 0 amide bonds. The first-order valence-corrected chi connectivity index (χ1v) is 4.97. The van der Waals surface area contributed by atoms with Gasteiger partial charge in [0, 0.05) is 11.8 Å². The molecule has 0 saturated carbocycles. The summed E-state index contributed by atoms with van der Waals surface area (Å²) >= 11 is 0. The van der Waals surface area contributed by atoms with E-state index in [4.69, 9.17) is 14.2 Å². The van der Waals surface area contributed by atoms with E-state index in [0.29, 0.717) is 11.4 Å². The minimum atomic E-state index is -1.09. The average Bonchev–Trinajstić information content (AvgIpc) is 2.28. The van der Waals surface area contributed by atoms with Crippen LogP contribution in [0.1, 0.15) is 6.42 Å². The number of ether oxygens (including phenoxy) is 3. The van der Waals surface area contributed by atoms with E-state index in [1.54, 1.807) is 31.4 Å². The van der Waals surface area contributed by atoms with Crippen LogP contribution in [0.15, 0.2) is 24.3 Å². The van der Waals surface area contributed by atoms with Crippen molar-refractivity contribution in [2.24, 2.45) is 0 Å². The molecule has 0 spiro atoms. The summed E-state index contributed by atoms with van der Waals surface area (Å²) in [7, 11) is 1.54. The zero-order chi connectivity index (χ0) is 12.3. The van der Waals surface area contributed by atoms with Crippen molar-refractivity contribution >= 4 is 17.6 Å². The topological polar surface area (TPSA) is 73.9 Å². The molecule has 0 bridgehead atoms. The van der Waals surface area contributed by atoms with Gasteiger partial charge in [0.05, 0.1) is 7.11 Å². The number of methoxy groups -OCH3 is 1. The smallest absolute Gasteiger partial charge is 0.329 e. The summed E-state index contributed by atoms with van der Waals surface area (Å²) in [6, 6.07) is 6.95. The van der Waals surface area contributed by atoms with Gasteiger partial charge in [-0.2, -0.15) is 0 Å². The number of anilines is 1. The summed E-state index contributed by atoms with van der Waals surface area (Å²) in [6.45, 7) is 0. The Balaban J connectivity index is 2.04. The molecular formula is C11H11NO5. The number of cyclic esters (lactones) is 2. The maximum absolute atomic E-state index is 11.0. The van der Waals surface area contributed by atoms with E-state index in [0.717, 1.165) is 0 Å². The summed E-state index contributed by atoms with van der Waals surface area (Å²) in [6.07, 6.45) is -1.44. The van der Waals surface area contributed by atoms with E-state index in [2.05, 4.69) is 5.32 Å². The summed E-state index contributed by atoms with van der Waals surface area (Å²) in [4.78, 5) is 22.0. The third kappa shape index (κ3) is 2.87. The molecule has 1 aliphatic rings. The number of rotatable bonds is 3. The van der Waals surface area contributed by atoms with Crippen LogP contribution in [-0.4, -0.2) is 25.5 Å². The second kappa shape index (κ2) is 4.73. The Labute approximate surface area is 97.5 Å². The van der Waals surface area contributed by atoms with E-state index in [1.807, 2.05) is 0 Å². The number of hydrogen-bond acceptors (Lipinski definition) is 6. The van der Waals surface area contributed by atoms with Gasteiger partial charge in [-0.25, -0.2) is 0 Å². The second-order valence-corrected chi connectivity index (χ2v) is 3.36. The first kappa shape index (κ1) is 11.3. The predicted octanol–water partition coefficient (Wildman–Crippen LogP) is 0.881. The highest BCUT2D eigenvalue weighted by Crippen LogP contribution is 2.19. The van der Waals surface area contributed by atoms with Crippen LogP contribution in [0.3, 0.4) is 0 Å². The fourth-order valence-corrected chi connectivity index (χ4v) is 1.37. The maximum atomic E-state index is 11.0. The minimum absolute atomic E-state index is 0.351. The number of carbonyl (C=O) groups is 2. The molecule has 6 nitrogen and oxygen atoms in total. The third-order valence-electron chi connectivity index (χ3n) is 2.12. The molecule has 17 heavy (non-hydrogen) atoms. The zero-order valence-electron chi connectivity index (χ0n) is 9.14. The fraction of sp³-hybridized carbons (Fsp3) is 0.273. The zero-order valence-corrected chi connectivity index (χ0v) is 9.14. The van der Waals surface area contributed by atoms with Crippen LogP contribution in [0.2, 0.25) is 0 Å². The lowest BCUT2D eigenvalue weighted by atomic mass is 10.3.